The third-order valence-electron chi connectivity index (χ3n) is 2.49. The van der Waals surface area contributed by atoms with Crippen LogP contribution in [0.2, 0.25) is 0 Å². The topological polar surface area (TPSA) is 61.4 Å². The van der Waals surface area contributed by atoms with Crippen LogP contribution < -0.4 is 10.6 Å². The second kappa shape index (κ2) is 6.12. The fourth-order valence-electron chi connectivity index (χ4n) is 1.44. The van der Waals surface area contributed by atoms with Gasteiger partial charge in [-0.05, 0) is 18.6 Å². The van der Waals surface area contributed by atoms with E-state index in [4.69, 9.17) is 5.11 Å². The molecule has 16 heavy (non-hydrogen) atoms. The van der Waals surface area contributed by atoms with Crippen molar-refractivity contribution < 1.29 is 9.90 Å². The molecule has 0 aliphatic rings. The lowest BCUT2D eigenvalue weighted by molar-refractivity contribution is 0.0916. The molecule has 0 saturated carbocycles. The molecule has 0 radical (unpaired) electrons. The molecular weight excluding hydrogens is 204 g/mol. The van der Waals surface area contributed by atoms with Crippen LogP contribution in [0.5, 0.6) is 0 Å². The van der Waals surface area contributed by atoms with Gasteiger partial charge in [0, 0.05) is 12.7 Å². The van der Waals surface area contributed by atoms with Gasteiger partial charge < -0.3 is 15.7 Å². The van der Waals surface area contributed by atoms with Gasteiger partial charge in [0.15, 0.2) is 0 Å². The Labute approximate surface area is 95.7 Å². The van der Waals surface area contributed by atoms with E-state index in [1.54, 1.807) is 13.1 Å². The molecule has 4 nitrogen and oxygen atoms in total. The number of nitrogens with one attached hydrogen (secondary N) is 2. The second-order valence-corrected chi connectivity index (χ2v) is 3.56. The summed E-state index contributed by atoms with van der Waals surface area (Å²) in [6.45, 7) is 1.88. The average Bonchev–Trinajstić information content (AvgIpc) is 2.35. The molecule has 1 aromatic carbocycles. The summed E-state index contributed by atoms with van der Waals surface area (Å²) in [7, 11) is 1.77. The molecule has 1 aromatic rings. The van der Waals surface area contributed by atoms with Gasteiger partial charge in [-0.1, -0.05) is 19.1 Å². The van der Waals surface area contributed by atoms with Crippen molar-refractivity contribution in [3.05, 3.63) is 29.8 Å². The Morgan fingerprint density at radius 2 is 2.12 bits per heavy atom. The SMILES string of the molecule is CC[C@H](CO)NC(=O)c1ccccc1NC. The van der Waals surface area contributed by atoms with E-state index in [-0.39, 0.29) is 18.6 Å². The van der Waals surface area contributed by atoms with E-state index in [0.29, 0.717) is 12.0 Å². The molecule has 1 rings (SSSR count). The number of rotatable bonds is 5. The molecule has 0 aliphatic carbocycles. The molecule has 4 heteroatoms. The van der Waals surface area contributed by atoms with Crippen molar-refractivity contribution in [3.8, 4) is 0 Å². The highest BCUT2D eigenvalue weighted by molar-refractivity contribution is 5.99. The number of carbonyl (C=O) groups excluding carboxylic acids is 1. The standard InChI is InChI=1S/C12H18N2O2/c1-3-9(8-15)14-12(16)10-6-4-5-7-11(10)13-2/h4-7,9,13,15H,3,8H2,1-2H3,(H,14,16)/t9-/m1/s1. The maximum absolute atomic E-state index is 11.9. The van der Waals surface area contributed by atoms with Crippen molar-refractivity contribution in [1.82, 2.24) is 5.32 Å². The number of para-hydroxylation sites is 1. The zero-order valence-corrected chi connectivity index (χ0v) is 9.66. The van der Waals surface area contributed by atoms with E-state index in [9.17, 15) is 4.79 Å². The third-order valence-corrected chi connectivity index (χ3v) is 2.49. The van der Waals surface area contributed by atoms with Gasteiger partial charge in [-0.2, -0.15) is 0 Å². The van der Waals surface area contributed by atoms with Crippen LogP contribution in [0.3, 0.4) is 0 Å². The van der Waals surface area contributed by atoms with Gasteiger partial charge in [-0.3, -0.25) is 4.79 Å². The minimum atomic E-state index is -0.183. The maximum atomic E-state index is 11.9. The van der Waals surface area contributed by atoms with Crippen LogP contribution in [-0.2, 0) is 0 Å². The highest BCUT2D eigenvalue weighted by Gasteiger charge is 2.13. The lowest BCUT2D eigenvalue weighted by Gasteiger charge is -2.15. The van der Waals surface area contributed by atoms with Crippen LogP contribution in [0.4, 0.5) is 5.69 Å². The normalized spacial score (nSPS) is 11.9. The molecule has 0 unspecified atom stereocenters. The van der Waals surface area contributed by atoms with E-state index in [1.807, 2.05) is 25.1 Å². The number of hydrogen-bond acceptors (Lipinski definition) is 3. The van der Waals surface area contributed by atoms with Gasteiger partial charge in [-0.25, -0.2) is 0 Å². The van der Waals surface area contributed by atoms with E-state index in [1.165, 1.54) is 0 Å². The molecule has 1 amide bonds. The predicted molar refractivity (Wildman–Crippen MR) is 64.6 cm³/mol. The Kier molecular flexibility index (Phi) is 4.79. The van der Waals surface area contributed by atoms with Gasteiger partial charge in [0.05, 0.1) is 18.2 Å². The van der Waals surface area contributed by atoms with Crippen LogP contribution in [0.15, 0.2) is 24.3 Å². The Morgan fingerprint density at radius 3 is 2.69 bits per heavy atom. The van der Waals surface area contributed by atoms with Gasteiger partial charge in [0.25, 0.3) is 5.91 Å². The summed E-state index contributed by atoms with van der Waals surface area (Å²) in [5, 5.41) is 14.8. The van der Waals surface area contributed by atoms with Crippen molar-refractivity contribution in [3.63, 3.8) is 0 Å². The number of amides is 1. The molecular formula is C12H18N2O2. The predicted octanol–water partition coefficient (Wildman–Crippen LogP) is 1.23. The first-order valence-electron chi connectivity index (χ1n) is 5.41. The molecule has 3 N–H and O–H groups in total. The van der Waals surface area contributed by atoms with E-state index < -0.39 is 0 Å². The number of benzene rings is 1. The average molecular weight is 222 g/mol. The summed E-state index contributed by atoms with van der Waals surface area (Å²) >= 11 is 0. The molecule has 88 valence electrons. The number of hydrogen-bond donors (Lipinski definition) is 3. The lowest BCUT2D eigenvalue weighted by Crippen LogP contribution is -2.37. The highest BCUT2D eigenvalue weighted by atomic mass is 16.3. The number of aliphatic hydroxyl groups is 1. The summed E-state index contributed by atoms with van der Waals surface area (Å²) in [6.07, 6.45) is 0.712. The fourth-order valence-corrected chi connectivity index (χ4v) is 1.44. The van der Waals surface area contributed by atoms with Crippen molar-refractivity contribution in [2.45, 2.75) is 19.4 Å². The number of carbonyl (C=O) groups is 1. The van der Waals surface area contributed by atoms with Crippen LogP contribution in [0, 0.1) is 0 Å². The Balaban J connectivity index is 2.79. The van der Waals surface area contributed by atoms with E-state index in [2.05, 4.69) is 10.6 Å². The molecule has 0 aliphatic heterocycles. The van der Waals surface area contributed by atoms with Crippen LogP contribution >= 0.6 is 0 Å². The first-order chi connectivity index (χ1) is 7.72. The van der Waals surface area contributed by atoms with Crippen molar-refractivity contribution in [2.24, 2.45) is 0 Å². The first-order valence-corrected chi connectivity index (χ1v) is 5.41. The van der Waals surface area contributed by atoms with Crippen molar-refractivity contribution >= 4 is 11.6 Å². The minimum absolute atomic E-state index is 0.0377. The summed E-state index contributed by atoms with van der Waals surface area (Å²) < 4.78 is 0. The summed E-state index contributed by atoms with van der Waals surface area (Å²) in [6, 6.07) is 7.10. The number of aliphatic hydroxyl groups excluding tert-OH is 1. The monoisotopic (exact) mass is 222 g/mol. The summed E-state index contributed by atoms with van der Waals surface area (Å²) in [5.41, 5.74) is 1.38. The van der Waals surface area contributed by atoms with Crippen LogP contribution in [-0.4, -0.2) is 30.7 Å². The summed E-state index contributed by atoms with van der Waals surface area (Å²) in [5.74, 6) is -0.161. The maximum Gasteiger partial charge on any atom is 0.253 e. The quantitative estimate of drug-likeness (QED) is 0.702. The Bertz CT molecular complexity index is 349. The van der Waals surface area contributed by atoms with Gasteiger partial charge >= 0.3 is 0 Å². The van der Waals surface area contributed by atoms with Crippen LogP contribution in [0.25, 0.3) is 0 Å². The zero-order valence-electron chi connectivity index (χ0n) is 9.66. The Morgan fingerprint density at radius 1 is 1.44 bits per heavy atom. The van der Waals surface area contributed by atoms with E-state index in [0.717, 1.165) is 5.69 Å². The summed E-state index contributed by atoms with van der Waals surface area (Å²) in [4.78, 5) is 11.9. The van der Waals surface area contributed by atoms with Crippen LogP contribution in [0.1, 0.15) is 23.7 Å². The molecule has 0 fully saturated rings. The minimum Gasteiger partial charge on any atom is -0.394 e. The largest absolute Gasteiger partial charge is 0.394 e. The van der Waals surface area contributed by atoms with Gasteiger partial charge in [0.1, 0.15) is 0 Å². The van der Waals surface area contributed by atoms with Crippen molar-refractivity contribution in [1.29, 1.82) is 0 Å². The third kappa shape index (κ3) is 2.97. The first kappa shape index (κ1) is 12.5. The lowest BCUT2D eigenvalue weighted by atomic mass is 10.1. The fraction of sp³-hybridized carbons (Fsp3) is 0.417. The molecule has 0 heterocycles. The second-order valence-electron chi connectivity index (χ2n) is 3.56. The van der Waals surface area contributed by atoms with Crippen molar-refractivity contribution in [2.75, 3.05) is 19.0 Å². The van der Waals surface area contributed by atoms with Gasteiger partial charge in [0.2, 0.25) is 0 Å². The molecule has 0 spiro atoms. The van der Waals surface area contributed by atoms with Gasteiger partial charge in [-0.15, -0.1) is 0 Å². The molecule has 1 atom stereocenters. The Hall–Kier alpha value is -1.55. The molecule has 0 bridgehead atoms. The highest BCUT2D eigenvalue weighted by Crippen LogP contribution is 2.14. The smallest absolute Gasteiger partial charge is 0.253 e. The number of anilines is 1. The molecule has 0 saturated heterocycles. The van der Waals surface area contributed by atoms with E-state index >= 15 is 0 Å². The molecule has 0 aromatic heterocycles. The zero-order chi connectivity index (χ0) is 12.0.